The Morgan fingerprint density at radius 3 is 2.53 bits per heavy atom. The average molecular weight is 288 g/mol. The third-order valence-electron chi connectivity index (χ3n) is 4.78. The van der Waals surface area contributed by atoms with Crippen LogP contribution in [0.4, 0.5) is 0 Å². The van der Waals surface area contributed by atoms with Crippen LogP contribution in [0.5, 0.6) is 0 Å². The minimum absolute atomic E-state index is 0.0225. The first-order valence-electron chi connectivity index (χ1n) is 8.03. The van der Waals surface area contributed by atoms with E-state index in [9.17, 15) is 8.42 Å². The van der Waals surface area contributed by atoms with Gasteiger partial charge in [0, 0.05) is 0 Å². The second-order valence-corrected chi connectivity index (χ2v) is 7.96. The molecule has 0 spiro atoms. The predicted molar refractivity (Wildman–Crippen MR) is 77.5 cm³/mol. The molecule has 0 bridgehead atoms. The fraction of sp³-hybridized carbons (Fsp3) is 1.00. The minimum Gasteiger partial charge on any atom is -0.266 e. The molecule has 2 saturated carbocycles. The van der Waals surface area contributed by atoms with Gasteiger partial charge in [0.15, 0.2) is 0 Å². The molecule has 0 aliphatic heterocycles. The summed E-state index contributed by atoms with van der Waals surface area (Å²) in [5, 5.41) is 0. The SMILES string of the molecule is CCCCCS(=O)(=O)OC1CCCC2CCCCC21. The maximum Gasteiger partial charge on any atom is 0.267 e. The van der Waals surface area contributed by atoms with Gasteiger partial charge in [-0.15, -0.1) is 0 Å². The average Bonchev–Trinajstić information content (AvgIpc) is 2.39. The van der Waals surface area contributed by atoms with Gasteiger partial charge < -0.3 is 0 Å². The number of hydrogen-bond donors (Lipinski definition) is 0. The molecule has 112 valence electrons. The quantitative estimate of drug-likeness (QED) is 0.550. The lowest BCUT2D eigenvalue weighted by atomic mass is 9.69. The van der Waals surface area contributed by atoms with E-state index in [0.717, 1.165) is 38.0 Å². The number of unbranched alkanes of at least 4 members (excludes halogenated alkanes) is 2. The molecular weight excluding hydrogens is 260 g/mol. The van der Waals surface area contributed by atoms with Gasteiger partial charge >= 0.3 is 0 Å². The van der Waals surface area contributed by atoms with Crippen molar-refractivity contribution >= 4 is 10.1 Å². The lowest BCUT2D eigenvalue weighted by Crippen LogP contribution is -2.38. The largest absolute Gasteiger partial charge is 0.267 e. The molecular formula is C15H28O3S. The van der Waals surface area contributed by atoms with Crippen molar-refractivity contribution in [3.63, 3.8) is 0 Å². The normalized spacial score (nSPS) is 31.9. The molecule has 2 aliphatic carbocycles. The van der Waals surface area contributed by atoms with Gasteiger partial charge in [-0.3, -0.25) is 4.18 Å². The molecule has 0 saturated heterocycles. The molecule has 0 amide bonds. The highest BCUT2D eigenvalue weighted by atomic mass is 32.2. The van der Waals surface area contributed by atoms with E-state index in [2.05, 4.69) is 6.92 Å². The van der Waals surface area contributed by atoms with Crippen LogP contribution < -0.4 is 0 Å². The van der Waals surface area contributed by atoms with E-state index < -0.39 is 10.1 Å². The fourth-order valence-electron chi connectivity index (χ4n) is 3.76. The van der Waals surface area contributed by atoms with Crippen molar-refractivity contribution in [2.24, 2.45) is 11.8 Å². The highest BCUT2D eigenvalue weighted by Crippen LogP contribution is 2.42. The molecule has 0 heterocycles. The zero-order valence-corrected chi connectivity index (χ0v) is 13.0. The summed E-state index contributed by atoms with van der Waals surface area (Å²) in [6.07, 6.45) is 11.1. The Labute approximate surface area is 118 Å². The van der Waals surface area contributed by atoms with Crippen LogP contribution in [-0.2, 0) is 14.3 Å². The standard InChI is InChI=1S/C15H28O3S/c1-2-3-6-12-19(16,17)18-15-11-7-9-13-8-4-5-10-14(13)15/h13-15H,2-12H2,1H3. The van der Waals surface area contributed by atoms with E-state index in [1.165, 1.54) is 32.1 Å². The van der Waals surface area contributed by atoms with Crippen molar-refractivity contribution in [3.05, 3.63) is 0 Å². The van der Waals surface area contributed by atoms with Crippen molar-refractivity contribution in [3.8, 4) is 0 Å². The van der Waals surface area contributed by atoms with Gasteiger partial charge in [0.1, 0.15) is 0 Å². The van der Waals surface area contributed by atoms with Gasteiger partial charge in [0.05, 0.1) is 11.9 Å². The highest BCUT2D eigenvalue weighted by Gasteiger charge is 2.37. The first-order valence-corrected chi connectivity index (χ1v) is 9.61. The molecule has 2 aliphatic rings. The molecule has 3 atom stereocenters. The Hall–Kier alpha value is -0.0900. The molecule has 0 aromatic rings. The van der Waals surface area contributed by atoms with E-state index >= 15 is 0 Å². The second kappa shape index (κ2) is 7.07. The fourth-order valence-corrected chi connectivity index (χ4v) is 5.03. The van der Waals surface area contributed by atoms with Crippen LogP contribution in [0.1, 0.15) is 71.1 Å². The third kappa shape index (κ3) is 4.45. The first-order chi connectivity index (χ1) is 9.12. The van der Waals surface area contributed by atoms with Crippen LogP contribution in [0.3, 0.4) is 0 Å². The van der Waals surface area contributed by atoms with Crippen LogP contribution in [0.2, 0.25) is 0 Å². The van der Waals surface area contributed by atoms with E-state index in [0.29, 0.717) is 5.92 Å². The Kier molecular flexibility index (Phi) is 5.70. The zero-order valence-electron chi connectivity index (χ0n) is 12.1. The summed E-state index contributed by atoms with van der Waals surface area (Å²) in [5.74, 6) is 1.43. The van der Waals surface area contributed by atoms with Crippen molar-refractivity contribution in [2.45, 2.75) is 77.2 Å². The van der Waals surface area contributed by atoms with E-state index in [1.807, 2.05) is 0 Å². The van der Waals surface area contributed by atoms with Crippen LogP contribution in [-0.4, -0.2) is 20.3 Å². The van der Waals surface area contributed by atoms with Gasteiger partial charge in [0.25, 0.3) is 10.1 Å². The molecule has 2 rings (SSSR count). The summed E-state index contributed by atoms with van der Waals surface area (Å²) in [4.78, 5) is 0. The zero-order chi connectivity index (χ0) is 13.7. The predicted octanol–water partition coefficient (Wildman–Crippen LogP) is 3.88. The second-order valence-electron chi connectivity index (χ2n) is 6.24. The van der Waals surface area contributed by atoms with Gasteiger partial charge in [-0.2, -0.15) is 8.42 Å². The first kappa shape index (κ1) is 15.3. The third-order valence-corrected chi connectivity index (χ3v) is 6.11. The van der Waals surface area contributed by atoms with Crippen LogP contribution >= 0.6 is 0 Å². The Bertz CT molecular complexity index is 362. The number of hydrogen-bond acceptors (Lipinski definition) is 3. The summed E-state index contributed by atoms with van der Waals surface area (Å²) >= 11 is 0. The van der Waals surface area contributed by atoms with Crippen LogP contribution in [0.15, 0.2) is 0 Å². The summed E-state index contributed by atoms with van der Waals surface area (Å²) in [6.45, 7) is 2.08. The molecule has 0 radical (unpaired) electrons. The molecule has 2 fully saturated rings. The molecule has 0 N–H and O–H groups in total. The lowest BCUT2D eigenvalue weighted by molar-refractivity contribution is 0.0320. The molecule has 4 heteroatoms. The molecule has 0 aromatic carbocycles. The molecule has 19 heavy (non-hydrogen) atoms. The maximum atomic E-state index is 12.0. The number of fused-ring (bicyclic) bond motifs is 1. The van der Waals surface area contributed by atoms with E-state index in [1.54, 1.807) is 0 Å². The highest BCUT2D eigenvalue weighted by molar-refractivity contribution is 7.86. The van der Waals surface area contributed by atoms with Crippen molar-refractivity contribution < 1.29 is 12.6 Å². The van der Waals surface area contributed by atoms with Crippen molar-refractivity contribution in [2.75, 3.05) is 5.75 Å². The van der Waals surface area contributed by atoms with E-state index in [4.69, 9.17) is 4.18 Å². The lowest BCUT2D eigenvalue weighted by Gasteiger charge is -2.40. The summed E-state index contributed by atoms with van der Waals surface area (Å²) in [6, 6.07) is 0. The Morgan fingerprint density at radius 1 is 1.00 bits per heavy atom. The van der Waals surface area contributed by atoms with Crippen molar-refractivity contribution in [1.82, 2.24) is 0 Å². The van der Waals surface area contributed by atoms with Gasteiger partial charge in [0.2, 0.25) is 0 Å². The van der Waals surface area contributed by atoms with Gasteiger partial charge in [-0.1, -0.05) is 45.4 Å². The number of rotatable bonds is 6. The van der Waals surface area contributed by atoms with Gasteiger partial charge in [-0.05, 0) is 37.5 Å². The summed E-state index contributed by atoms with van der Waals surface area (Å²) in [7, 11) is -3.30. The summed E-state index contributed by atoms with van der Waals surface area (Å²) in [5.41, 5.74) is 0. The topological polar surface area (TPSA) is 43.4 Å². The van der Waals surface area contributed by atoms with Crippen LogP contribution in [0, 0.1) is 11.8 Å². The summed E-state index contributed by atoms with van der Waals surface area (Å²) < 4.78 is 29.6. The monoisotopic (exact) mass is 288 g/mol. The van der Waals surface area contributed by atoms with Crippen LogP contribution in [0.25, 0.3) is 0 Å². The maximum absolute atomic E-state index is 12.0. The van der Waals surface area contributed by atoms with Gasteiger partial charge in [-0.25, -0.2) is 0 Å². The molecule has 0 aromatic heterocycles. The molecule has 3 unspecified atom stereocenters. The molecule has 3 nitrogen and oxygen atoms in total. The minimum atomic E-state index is -3.30. The van der Waals surface area contributed by atoms with Crippen molar-refractivity contribution in [1.29, 1.82) is 0 Å². The Morgan fingerprint density at radius 2 is 1.74 bits per heavy atom. The Balaban J connectivity index is 1.89. The van der Waals surface area contributed by atoms with E-state index in [-0.39, 0.29) is 11.9 Å². The smallest absolute Gasteiger partial charge is 0.266 e.